The largest absolute Gasteiger partial charge is 0.480 e. The summed E-state index contributed by atoms with van der Waals surface area (Å²) in [7, 11) is 0. The van der Waals surface area contributed by atoms with Crippen molar-refractivity contribution in [1.29, 1.82) is 0 Å². The monoisotopic (exact) mass is 270 g/mol. The molecule has 1 fully saturated rings. The van der Waals surface area contributed by atoms with Crippen LogP contribution in [-0.4, -0.2) is 64.5 Å². The zero-order valence-corrected chi connectivity index (χ0v) is 10.5. The Morgan fingerprint density at radius 1 is 1.39 bits per heavy atom. The first-order chi connectivity index (χ1) is 8.56. The summed E-state index contributed by atoms with van der Waals surface area (Å²) >= 11 is 1.24. The van der Waals surface area contributed by atoms with E-state index >= 15 is 0 Å². The molecule has 7 nitrogen and oxygen atoms in total. The van der Waals surface area contributed by atoms with Crippen molar-refractivity contribution in [2.45, 2.75) is 0 Å². The van der Waals surface area contributed by atoms with E-state index in [0.717, 1.165) is 0 Å². The highest BCUT2D eigenvalue weighted by Crippen LogP contribution is 2.14. The number of hydrogen-bond donors (Lipinski definition) is 2. The van der Waals surface area contributed by atoms with Gasteiger partial charge >= 0.3 is 5.97 Å². The molecule has 1 aliphatic heterocycles. The number of carboxylic acid groups (broad SMARTS) is 1. The molecule has 0 unspecified atom stereocenters. The fraction of sp³-hybridized carbons (Fsp3) is 0.500. The maximum absolute atomic E-state index is 12.0. The van der Waals surface area contributed by atoms with Gasteiger partial charge in [-0.15, -0.1) is 11.3 Å². The summed E-state index contributed by atoms with van der Waals surface area (Å²) in [6.07, 6.45) is 0. The molecule has 0 aromatic carbocycles. The first-order valence-corrected chi connectivity index (χ1v) is 6.38. The van der Waals surface area contributed by atoms with Crippen LogP contribution in [-0.2, 0) is 4.79 Å². The maximum atomic E-state index is 12.0. The van der Waals surface area contributed by atoms with Crippen molar-refractivity contribution >= 4 is 28.3 Å². The predicted molar refractivity (Wildman–Crippen MR) is 66.5 cm³/mol. The number of amides is 1. The SMILES string of the molecule is Nc1nc(C(=O)N2CCN(CC(=O)O)CC2)cs1. The number of piperazine rings is 1. The first kappa shape index (κ1) is 12.8. The second-order valence-corrected chi connectivity index (χ2v) is 4.92. The summed E-state index contributed by atoms with van der Waals surface area (Å²) in [6.45, 7) is 2.19. The van der Waals surface area contributed by atoms with Crippen LogP contribution in [0, 0.1) is 0 Å². The number of aliphatic carboxylic acids is 1. The number of carboxylic acids is 1. The molecule has 3 N–H and O–H groups in total. The molecule has 1 saturated heterocycles. The Bertz CT molecular complexity index is 454. The Morgan fingerprint density at radius 3 is 2.56 bits per heavy atom. The van der Waals surface area contributed by atoms with Crippen LogP contribution in [0.15, 0.2) is 5.38 Å². The highest BCUT2D eigenvalue weighted by atomic mass is 32.1. The van der Waals surface area contributed by atoms with Crippen molar-refractivity contribution in [2.24, 2.45) is 0 Å². The van der Waals surface area contributed by atoms with E-state index in [-0.39, 0.29) is 12.5 Å². The number of nitrogens with zero attached hydrogens (tertiary/aromatic N) is 3. The van der Waals surface area contributed by atoms with Gasteiger partial charge in [0.15, 0.2) is 5.13 Å². The van der Waals surface area contributed by atoms with Gasteiger partial charge in [-0.25, -0.2) is 4.98 Å². The lowest BCUT2D eigenvalue weighted by Gasteiger charge is -2.33. The van der Waals surface area contributed by atoms with E-state index < -0.39 is 5.97 Å². The van der Waals surface area contributed by atoms with E-state index in [1.54, 1.807) is 10.3 Å². The molecular weight excluding hydrogens is 256 g/mol. The molecule has 18 heavy (non-hydrogen) atoms. The maximum Gasteiger partial charge on any atom is 0.317 e. The summed E-state index contributed by atoms with van der Waals surface area (Å²) < 4.78 is 0. The van der Waals surface area contributed by atoms with Crippen molar-refractivity contribution in [1.82, 2.24) is 14.8 Å². The fourth-order valence-corrected chi connectivity index (χ4v) is 2.39. The van der Waals surface area contributed by atoms with Crippen LogP contribution < -0.4 is 5.73 Å². The van der Waals surface area contributed by atoms with Crippen molar-refractivity contribution in [2.75, 3.05) is 38.5 Å². The number of rotatable bonds is 3. The van der Waals surface area contributed by atoms with Crippen LogP contribution in [0.2, 0.25) is 0 Å². The number of hydrogen-bond acceptors (Lipinski definition) is 6. The molecule has 0 spiro atoms. The number of nitrogens with two attached hydrogens (primary N) is 1. The molecule has 1 aromatic heterocycles. The molecule has 0 atom stereocenters. The van der Waals surface area contributed by atoms with Crippen LogP contribution in [0.25, 0.3) is 0 Å². The minimum absolute atomic E-state index is 0.0195. The average molecular weight is 270 g/mol. The van der Waals surface area contributed by atoms with Crippen LogP contribution in [0.1, 0.15) is 10.5 Å². The summed E-state index contributed by atoms with van der Waals surface area (Å²) in [5.74, 6) is -0.986. The van der Waals surface area contributed by atoms with E-state index in [0.29, 0.717) is 37.0 Å². The number of thiazole rings is 1. The molecule has 1 amide bonds. The van der Waals surface area contributed by atoms with Crippen LogP contribution >= 0.6 is 11.3 Å². The van der Waals surface area contributed by atoms with Crippen LogP contribution in [0.5, 0.6) is 0 Å². The third-order valence-electron chi connectivity index (χ3n) is 2.76. The molecule has 2 heterocycles. The molecule has 0 radical (unpaired) electrons. The van der Waals surface area contributed by atoms with Crippen LogP contribution in [0.4, 0.5) is 5.13 Å². The first-order valence-electron chi connectivity index (χ1n) is 5.50. The van der Waals surface area contributed by atoms with E-state index in [4.69, 9.17) is 10.8 Å². The lowest BCUT2D eigenvalue weighted by Crippen LogP contribution is -2.49. The molecular formula is C10H14N4O3S. The number of nitrogen functional groups attached to an aromatic ring is 1. The number of anilines is 1. The molecule has 98 valence electrons. The van der Waals surface area contributed by atoms with E-state index in [1.807, 2.05) is 4.90 Å². The quantitative estimate of drug-likeness (QED) is 0.773. The summed E-state index contributed by atoms with van der Waals surface area (Å²) in [6, 6.07) is 0. The normalized spacial score (nSPS) is 16.8. The molecule has 0 bridgehead atoms. The van der Waals surface area contributed by atoms with E-state index in [2.05, 4.69) is 4.98 Å². The predicted octanol–water partition coefficient (Wildman–Crippen LogP) is -0.432. The van der Waals surface area contributed by atoms with Gasteiger partial charge in [0.25, 0.3) is 5.91 Å². The molecule has 0 aliphatic carbocycles. The van der Waals surface area contributed by atoms with Gasteiger partial charge in [-0.2, -0.15) is 0 Å². The zero-order valence-electron chi connectivity index (χ0n) is 9.70. The van der Waals surface area contributed by atoms with Gasteiger partial charge in [0, 0.05) is 31.6 Å². The lowest BCUT2D eigenvalue weighted by atomic mass is 10.3. The van der Waals surface area contributed by atoms with Crippen molar-refractivity contribution < 1.29 is 14.7 Å². The Balaban J connectivity index is 1.90. The Labute approximate surface area is 108 Å². The van der Waals surface area contributed by atoms with Crippen LogP contribution in [0.3, 0.4) is 0 Å². The van der Waals surface area contributed by atoms with Gasteiger partial charge in [0.2, 0.25) is 0 Å². The smallest absolute Gasteiger partial charge is 0.317 e. The fourth-order valence-electron chi connectivity index (χ4n) is 1.85. The van der Waals surface area contributed by atoms with E-state index in [9.17, 15) is 9.59 Å². The average Bonchev–Trinajstić information content (AvgIpc) is 2.75. The van der Waals surface area contributed by atoms with Gasteiger partial charge in [-0.05, 0) is 0 Å². The third kappa shape index (κ3) is 2.96. The zero-order chi connectivity index (χ0) is 13.1. The third-order valence-corrected chi connectivity index (χ3v) is 3.43. The highest BCUT2D eigenvalue weighted by Gasteiger charge is 2.24. The van der Waals surface area contributed by atoms with Gasteiger partial charge in [-0.1, -0.05) is 0 Å². The second-order valence-electron chi connectivity index (χ2n) is 4.03. The minimum atomic E-state index is -0.845. The number of carbonyl (C=O) groups is 2. The molecule has 2 rings (SSSR count). The van der Waals surface area contributed by atoms with Crippen molar-refractivity contribution in [3.05, 3.63) is 11.1 Å². The summed E-state index contributed by atoms with van der Waals surface area (Å²) in [5.41, 5.74) is 5.85. The van der Waals surface area contributed by atoms with Gasteiger partial charge in [0.1, 0.15) is 5.69 Å². The van der Waals surface area contributed by atoms with Gasteiger partial charge in [-0.3, -0.25) is 14.5 Å². The molecule has 8 heteroatoms. The van der Waals surface area contributed by atoms with Gasteiger partial charge < -0.3 is 15.7 Å². The Hall–Kier alpha value is -1.67. The topological polar surface area (TPSA) is 99.8 Å². The van der Waals surface area contributed by atoms with Gasteiger partial charge in [0.05, 0.1) is 6.54 Å². The summed E-state index contributed by atoms with van der Waals surface area (Å²) in [4.78, 5) is 30.0. The van der Waals surface area contributed by atoms with Crippen molar-refractivity contribution in [3.8, 4) is 0 Å². The molecule has 1 aromatic rings. The Morgan fingerprint density at radius 2 is 2.06 bits per heavy atom. The minimum Gasteiger partial charge on any atom is -0.480 e. The lowest BCUT2D eigenvalue weighted by molar-refractivity contribution is -0.138. The number of aromatic nitrogens is 1. The number of carbonyl (C=O) groups excluding carboxylic acids is 1. The highest BCUT2D eigenvalue weighted by molar-refractivity contribution is 7.13. The standard InChI is InChI=1S/C10H14N4O3S/c11-10-12-7(6-18-10)9(17)14-3-1-13(2-4-14)5-8(15)16/h6H,1-5H2,(H2,11,12)(H,15,16). The summed E-state index contributed by atoms with van der Waals surface area (Å²) in [5, 5.41) is 10.7. The second kappa shape index (κ2) is 5.32. The molecule has 1 aliphatic rings. The molecule has 0 saturated carbocycles. The Kier molecular flexibility index (Phi) is 3.78. The van der Waals surface area contributed by atoms with Crippen molar-refractivity contribution in [3.63, 3.8) is 0 Å². The van der Waals surface area contributed by atoms with E-state index in [1.165, 1.54) is 11.3 Å².